The maximum atomic E-state index is 10.8. The van der Waals surface area contributed by atoms with Crippen LogP contribution in [0.15, 0.2) is 54.9 Å². The van der Waals surface area contributed by atoms with E-state index in [1.54, 1.807) is 23.5 Å². The summed E-state index contributed by atoms with van der Waals surface area (Å²) in [4.78, 5) is 17.9. The number of carbonyl (C=O) groups is 1. The molecule has 1 aliphatic heterocycles. The number of fused-ring (bicyclic) bond motifs is 1. The summed E-state index contributed by atoms with van der Waals surface area (Å²) in [5.74, 6) is 1.93. The number of rotatable bonds is 10. The molecule has 1 saturated heterocycles. The summed E-state index contributed by atoms with van der Waals surface area (Å²) >= 11 is 1.57. The number of hydrogen-bond donors (Lipinski definition) is 2. The third kappa shape index (κ3) is 6.03. The van der Waals surface area contributed by atoms with Crippen LogP contribution in [0.1, 0.15) is 32.3 Å². The van der Waals surface area contributed by atoms with Gasteiger partial charge in [0, 0.05) is 44.1 Å². The molecule has 200 valence electrons. The van der Waals surface area contributed by atoms with Crippen molar-refractivity contribution in [2.45, 2.75) is 39.3 Å². The monoisotopic (exact) mass is 536 g/mol. The van der Waals surface area contributed by atoms with Crippen LogP contribution in [0.3, 0.4) is 0 Å². The Morgan fingerprint density at radius 2 is 1.76 bits per heavy atom. The molecule has 2 aromatic carbocycles. The highest BCUT2D eigenvalue weighted by Gasteiger charge is 2.22. The topological polar surface area (TPSA) is 98.1 Å². The van der Waals surface area contributed by atoms with Crippen molar-refractivity contribution < 1.29 is 24.1 Å². The maximum Gasteiger partial charge on any atom is 0.511 e. The Morgan fingerprint density at radius 3 is 2.39 bits per heavy atom. The second kappa shape index (κ2) is 11.7. The first-order chi connectivity index (χ1) is 18.5. The molecule has 0 radical (unpaired) electrons. The molecule has 0 saturated carbocycles. The Hall–Kier alpha value is -3.76. The predicted molar refractivity (Wildman–Crippen MR) is 148 cm³/mol. The van der Waals surface area contributed by atoms with Gasteiger partial charge in [0.1, 0.15) is 22.9 Å². The highest BCUT2D eigenvalue weighted by Crippen LogP contribution is 2.36. The lowest BCUT2D eigenvalue weighted by Crippen LogP contribution is -2.38. The fourth-order valence-corrected chi connectivity index (χ4v) is 5.72. The minimum absolute atomic E-state index is 0.275. The lowest BCUT2D eigenvalue weighted by Gasteiger charge is -2.32. The fourth-order valence-electron chi connectivity index (χ4n) is 4.80. The molecular formula is C28H32N4O5S. The number of likely N-dealkylation sites (tertiary alicyclic amines) is 1. The zero-order valence-electron chi connectivity index (χ0n) is 21.6. The summed E-state index contributed by atoms with van der Waals surface area (Å²) in [7, 11) is 0. The molecule has 2 N–H and O–H groups in total. The number of nitrogens with zero attached hydrogens (tertiary/aromatic N) is 3. The van der Waals surface area contributed by atoms with Gasteiger partial charge in [-0.3, -0.25) is 4.90 Å². The first-order valence-corrected chi connectivity index (χ1v) is 13.7. The van der Waals surface area contributed by atoms with E-state index in [0.717, 1.165) is 65.0 Å². The van der Waals surface area contributed by atoms with Gasteiger partial charge in [0.2, 0.25) is 0 Å². The Balaban J connectivity index is 1.23. The van der Waals surface area contributed by atoms with Gasteiger partial charge in [0.25, 0.3) is 0 Å². The minimum Gasteiger partial charge on any atom is -0.492 e. The van der Waals surface area contributed by atoms with Crippen molar-refractivity contribution in [1.29, 1.82) is 0 Å². The van der Waals surface area contributed by atoms with Crippen LogP contribution in [0, 0.1) is 0 Å². The smallest absolute Gasteiger partial charge is 0.492 e. The highest BCUT2D eigenvalue weighted by molar-refractivity contribution is 7.22. The summed E-state index contributed by atoms with van der Waals surface area (Å²) < 4.78 is 19.9. The number of aromatic nitrogens is 2. The zero-order valence-corrected chi connectivity index (χ0v) is 22.4. The second-order valence-electron chi connectivity index (χ2n) is 9.11. The van der Waals surface area contributed by atoms with Crippen molar-refractivity contribution in [3.63, 3.8) is 0 Å². The van der Waals surface area contributed by atoms with Crippen molar-refractivity contribution in [1.82, 2.24) is 14.5 Å². The van der Waals surface area contributed by atoms with Crippen LogP contribution in [0.25, 0.3) is 15.9 Å². The summed E-state index contributed by atoms with van der Waals surface area (Å²) in [6.45, 7) is 7.92. The highest BCUT2D eigenvalue weighted by atomic mass is 32.1. The van der Waals surface area contributed by atoms with Crippen LogP contribution >= 0.6 is 11.3 Å². The van der Waals surface area contributed by atoms with Crippen LogP contribution in [-0.2, 0) is 6.54 Å². The number of carboxylic acid groups (broad SMARTS) is 1. The average molecular weight is 537 g/mol. The first-order valence-electron chi connectivity index (χ1n) is 12.9. The third-order valence-corrected chi connectivity index (χ3v) is 7.42. The van der Waals surface area contributed by atoms with E-state index < -0.39 is 6.16 Å². The lowest BCUT2D eigenvalue weighted by molar-refractivity contribution is 0.144. The fraction of sp³-hybridized carbons (Fsp3) is 0.357. The van der Waals surface area contributed by atoms with Crippen molar-refractivity contribution in [2.75, 3.05) is 31.6 Å². The zero-order chi connectivity index (χ0) is 26.5. The van der Waals surface area contributed by atoms with Gasteiger partial charge in [-0.2, -0.15) is 0 Å². The lowest BCUT2D eigenvalue weighted by atomic mass is 10.0. The van der Waals surface area contributed by atoms with Gasteiger partial charge >= 0.3 is 6.16 Å². The Bertz CT molecular complexity index is 1350. The molecule has 0 spiro atoms. The third-order valence-electron chi connectivity index (χ3n) is 6.45. The molecule has 0 aliphatic carbocycles. The average Bonchev–Trinajstić information content (AvgIpc) is 3.55. The van der Waals surface area contributed by atoms with Gasteiger partial charge in [-0.1, -0.05) is 11.3 Å². The quantitative estimate of drug-likeness (QED) is 0.188. The first kappa shape index (κ1) is 25.9. The van der Waals surface area contributed by atoms with E-state index in [-0.39, 0.29) is 5.75 Å². The van der Waals surface area contributed by atoms with E-state index in [9.17, 15) is 4.79 Å². The minimum atomic E-state index is -1.33. The van der Waals surface area contributed by atoms with Crippen molar-refractivity contribution in [3.8, 4) is 22.9 Å². The Labute approximate surface area is 225 Å². The summed E-state index contributed by atoms with van der Waals surface area (Å²) in [5.41, 5.74) is 2.83. The van der Waals surface area contributed by atoms with E-state index in [2.05, 4.69) is 27.3 Å². The van der Waals surface area contributed by atoms with Gasteiger partial charge in [-0.25, -0.2) is 9.78 Å². The molecule has 0 amide bonds. The van der Waals surface area contributed by atoms with Crippen molar-refractivity contribution in [3.05, 3.63) is 60.4 Å². The van der Waals surface area contributed by atoms with E-state index >= 15 is 0 Å². The molecule has 10 heteroatoms. The standard InChI is InChI=1S/C28H32N4O5S/c1-3-35-23-15-19(16-24(36-4-2)26(23)32-11-5-6-12-32)18-31-13-9-20(10-14-31)29-27-30-22-17-21(37-28(33)34)7-8-25(22)38-27/h5-8,11-12,15-17,20H,3-4,9-10,13-14,18H2,1-2H3,(H,29,30)(H,33,34). The van der Waals surface area contributed by atoms with Crippen molar-refractivity contribution in [2.24, 2.45) is 0 Å². The number of anilines is 1. The molecule has 38 heavy (non-hydrogen) atoms. The molecule has 5 rings (SSSR count). The molecule has 1 aliphatic rings. The van der Waals surface area contributed by atoms with Crippen LogP contribution in [0.4, 0.5) is 9.93 Å². The van der Waals surface area contributed by atoms with Crippen LogP contribution in [0.2, 0.25) is 0 Å². The maximum absolute atomic E-state index is 10.8. The summed E-state index contributed by atoms with van der Waals surface area (Å²) in [5, 5.41) is 13.2. The van der Waals surface area contributed by atoms with Crippen molar-refractivity contribution >= 4 is 32.8 Å². The van der Waals surface area contributed by atoms with Gasteiger partial charge < -0.3 is 29.2 Å². The van der Waals surface area contributed by atoms with Gasteiger partial charge in [0.05, 0.1) is 23.4 Å². The largest absolute Gasteiger partial charge is 0.511 e. The summed E-state index contributed by atoms with van der Waals surface area (Å²) in [6.07, 6.45) is 4.69. The number of ether oxygens (including phenoxy) is 3. The molecule has 9 nitrogen and oxygen atoms in total. The second-order valence-corrected chi connectivity index (χ2v) is 10.1. The SMILES string of the molecule is CCOc1cc(CN2CCC(Nc3nc4cc(OC(=O)O)ccc4s3)CC2)cc(OCC)c1-n1cccc1. The van der Waals surface area contributed by atoms with Crippen LogP contribution in [0.5, 0.6) is 17.2 Å². The number of hydrogen-bond acceptors (Lipinski definition) is 8. The van der Waals surface area contributed by atoms with E-state index in [4.69, 9.17) is 19.3 Å². The number of nitrogens with one attached hydrogen (secondary N) is 1. The summed E-state index contributed by atoms with van der Waals surface area (Å²) in [6, 6.07) is 13.7. The predicted octanol–water partition coefficient (Wildman–Crippen LogP) is 6.02. The number of piperidine rings is 1. The number of thiazole rings is 1. The molecule has 0 unspecified atom stereocenters. The molecular weight excluding hydrogens is 504 g/mol. The van der Waals surface area contributed by atoms with E-state index in [0.29, 0.717) is 19.3 Å². The molecule has 1 fully saturated rings. The molecule has 0 bridgehead atoms. The van der Waals surface area contributed by atoms with Gasteiger partial charge in [-0.15, -0.1) is 0 Å². The van der Waals surface area contributed by atoms with E-state index in [1.165, 1.54) is 5.56 Å². The Morgan fingerprint density at radius 1 is 1.08 bits per heavy atom. The number of benzene rings is 2. The molecule has 4 aromatic rings. The molecule has 2 aromatic heterocycles. The van der Waals surface area contributed by atoms with E-state index in [1.807, 2.05) is 49.0 Å². The van der Waals surface area contributed by atoms with Gasteiger partial charge in [-0.05, 0) is 68.7 Å². The molecule has 0 atom stereocenters. The Kier molecular flexibility index (Phi) is 8.00. The normalized spacial score (nSPS) is 14.5. The van der Waals surface area contributed by atoms with Gasteiger partial charge in [0.15, 0.2) is 5.13 Å². The molecule has 3 heterocycles. The van der Waals surface area contributed by atoms with Crippen LogP contribution < -0.4 is 19.5 Å². The van der Waals surface area contributed by atoms with Crippen LogP contribution in [-0.4, -0.2) is 58.1 Å².